The molecule has 0 aliphatic carbocycles. The van der Waals surface area contributed by atoms with Gasteiger partial charge in [0.2, 0.25) is 0 Å². The zero-order chi connectivity index (χ0) is 14.0. The van der Waals surface area contributed by atoms with E-state index in [0.717, 1.165) is 18.7 Å². The number of halogens is 3. The number of hydrogen-bond acceptors (Lipinski definition) is 4. The zero-order valence-electron chi connectivity index (χ0n) is 9.83. The minimum Gasteiger partial charge on any atom is -0.380 e. The maximum absolute atomic E-state index is 12.9. The summed E-state index contributed by atoms with van der Waals surface area (Å²) >= 11 is 0. The summed E-state index contributed by atoms with van der Waals surface area (Å²) in [5.41, 5.74) is -1.69. The van der Waals surface area contributed by atoms with Gasteiger partial charge in [0.25, 0.3) is 5.69 Å². The second-order valence-corrected chi connectivity index (χ2v) is 4.32. The van der Waals surface area contributed by atoms with Gasteiger partial charge in [0.15, 0.2) is 0 Å². The molecule has 0 radical (unpaired) electrons. The Bertz CT molecular complexity index is 485. The number of nitro groups is 1. The lowest BCUT2D eigenvalue weighted by Crippen LogP contribution is -2.24. The van der Waals surface area contributed by atoms with Crippen molar-refractivity contribution in [2.24, 2.45) is 0 Å². The van der Waals surface area contributed by atoms with Crippen molar-refractivity contribution in [1.82, 2.24) is 5.32 Å². The SMILES string of the molecule is O=[N+]([O-])c1ccc(NC2CCNC2)c(C(F)(F)F)c1. The highest BCUT2D eigenvalue weighted by Gasteiger charge is 2.35. The fourth-order valence-electron chi connectivity index (χ4n) is 2.00. The molecule has 2 N–H and O–H groups in total. The molecule has 0 bridgehead atoms. The molecule has 1 aliphatic heterocycles. The fourth-order valence-corrected chi connectivity index (χ4v) is 2.00. The Morgan fingerprint density at radius 2 is 2.16 bits per heavy atom. The highest BCUT2D eigenvalue weighted by molar-refractivity contribution is 5.58. The summed E-state index contributed by atoms with van der Waals surface area (Å²) in [5, 5.41) is 16.3. The number of anilines is 1. The molecule has 1 saturated heterocycles. The van der Waals surface area contributed by atoms with E-state index in [0.29, 0.717) is 19.0 Å². The molecule has 1 aromatic carbocycles. The number of rotatable bonds is 3. The molecular weight excluding hydrogens is 263 g/mol. The van der Waals surface area contributed by atoms with Gasteiger partial charge in [0, 0.05) is 30.4 Å². The van der Waals surface area contributed by atoms with Crippen molar-refractivity contribution in [2.45, 2.75) is 18.6 Å². The summed E-state index contributed by atoms with van der Waals surface area (Å²) in [6.07, 6.45) is -3.91. The number of nitrogens with one attached hydrogen (secondary N) is 2. The van der Waals surface area contributed by atoms with Crippen LogP contribution in [0.15, 0.2) is 18.2 Å². The quantitative estimate of drug-likeness (QED) is 0.656. The van der Waals surface area contributed by atoms with E-state index in [1.807, 2.05) is 0 Å². The van der Waals surface area contributed by atoms with Gasteiger partial charge in [-0.2, -0.15) is 13.2 Å². The highest BCUT2D eigenvalue weighted by atomic mass is 19.4. The summed E-state index contributed by atoms with van der Waals surface area (Å²) in [7, 11) is 0. The molecule has 5 nitrogen and oxygen atoms in total. The van der Waals surface area contributed by atoms with E-state index in [2.05, 4.69) is 10.6 Å². The van der Waals surface area contributed by atoms with Crippen LogP contribution >= 0.6 is 0 Å². The molecule has 1 aromatic rings. The summed E-state index contributed by atoms with van der Waals surface area (Å²) < 4.78 is 38.7. The van der Waals surface area contributed by atoms with Crippen LogP contribution in [-0.2, 0) is 6.18 Å². The average molecular weight is 275 g/mol. The van der Waals surface area contributed by atoms with Crippen molar-refractivity contribution >= 4 is 11.4 Å². The molecule has 1 heterocycles. The molecule has 0 saturated carbocycles. The van der Waals surface area contributed by atoms with Crippen molar-refractivity contribution in [1.29, 1.82) is 0 Å². The van der Waals surface area contributed by atoms with E-state index in [1.165, 1.54) is 0 Å². The third-order valence-corrected chi connectivity index (χ3v) is 2.94. The van der Waals surface area contributed by atoms with E-state index < -0.39 is 22.4 Å². The standard InChI is InChI=1S/C11H12F3N3O2/c12-11(13,14)9-5-8(17(18)19)1-2-10(9)16-7-3-4-15-6-7/h1-2,5,7,15-16H,3-4,6H2. The smallest absolute Gasteiger partial charge is 0.380 e. The average Bonchev–Trinajstić information content (AvgIpc) is 2.80. The largest absolute Gasteiger partial charge is 0.418 e. The van der Waals surface area contributed by atoms with E-state index in [4.69, 9.17) is 0 Å². The molecule has 2 rings (SSSR count). The number of nitro benzene ring substituents is 1. The fraction of sp³-hybridized carbons (Fsp3) is 0.455. The molecule has 0 amide bonds. The Hall–Kier alpha value is -1.83. The molecule has 8 heteroatoms. The molecule has 1 fully saturated rings. The number of hydrogen-bond donors (Lipinski definition) is 2. The van der Waals surface area contributed by atoms with Gasteiger partial charge in [-0.25, -0.2) is 0 Å². The van der Waals surface area contributed by atoms with E-state index in [1.54, 1.807) is 0 Å². The first kappa shape index (κ1) is 13.6. The number of nitrogens with zero attached hydrogens (tertiary/aromatic N) is 1. The lowest BCUT2D eigenvalue weighted by molar-refractivity contribution is -0.385. The van der Waals surface area contributed by atoms with Crippen LogP contribution in [0.2, 0.25) is 0 Å². The van der Waals surface area contributed by atoms with E-state index >= 15 is 0 Å². The predicted octanol–water partition coefficient (Wildman–Crippen LogP) is 2.39. The second kappa shape index (κ2) is 5.04. The summed E-state index contributed by atoms with van der Waals surface area (Å²) in [4.78, 5) is 9.71. The first-order chi connectivity index (χ1) is 8.88. The van der Waals surface area contributed by atoms with Crippen molar-refractivity contribution < 1.29 is 18.1 Å². The summed E-state index contributed by atoms with van der Waals surface area (Å²) in [6.45, 7) is 1.32. The van der Waals surface area contributed by atoms with Crippen LogP contribution in [-0.4, -0.2) is 24.1 Å². The first-order valence-corrected chi connectivity index (χ1v) is 5.71. The number of alkyl halides is 3. The maximum atomic E-state index is 12.9. The molecule has 0 spiro atoms. The lowest BCUT2D eigenvalue weighted by Gasteiger charge is -2.18. The van der Waals surface area contributed by atoms with E-state index in [-0.39, 0.29) is 11.7 Å². The molecule has 1 aliphatic rings. The van der Waals surface area contributed by atoms with Crippen LogP contribution in [0.5, 0.6) is 0 Å². The van der Waals surface area contributed by atoms with Crippen molar-refractivity contribution in [3.63, 3.8) is 0 Å². The van der Waals surface area contributed by atoms with Gasteiger partial charge < -0.3 is 10.6 Å². The van der Waals surface area contributed by atoms with Gasteiger partial charge in [0.05, 0.1) is 10.5 Å². The Kier molecular flexibility index (Phi) is 3.61. The number of benzene rings is 1. The predicted molar refractivity (Wildman–Crippen MR) is 63.0 cm³/mol. The van der Waals surface area contributed by atoms with Crippen LogP contribution in [0.3, 0.4) is 0 Å². The second-order valence-electron chi connectivity index (χ2n) is 4.32. The van der Waals surface area contributed by atoms with Gasteiger partial charge in [-0.05, 0) is 19.0 Å². The highest BCUT2D eigenvalue weighted by Crippen LogP contribution is 2.37. The normalized spacial score (nSPS) is 19.4. The maximum Gasteiger partial charge on any atom is 0.418 e. The Morgan fingerprint density at radius 3 is 2.68 bits per heavy atom. The monoisotopic (exact) mass is 275 g/mol. The molecule has 104 valence electrons. The summed E-state index contributed by atoms with van der Waals surface area (Å²) in [6, 6.07) is 2.65. The molecule has 0 aromatic heterocycles. The molecule has 1 atom stereocenters. The minimum absolute atomic E-state index is 0.0949. The zero-order valence-corrected chi connectivity index (χ0v) is 9.83. The molecular formula is C11H12F3N3O2. The Morgan fingerprint density at radius 1 is 1.42 bits per heavy atom. The van der Waals surface area contributed by atoms with Gasteiger partial charge in [0.1, 0.15) is 0 Å². The first-order valence-electron chi connectivity index (χ1n) is 5.71. The van der Waals surface area contributed by atoms with Crippen molar-refractivity contribution in [3.05, 3.63) is 33.9 Å². The van der Waals surface area contributed by atoms with Gasteiger partial charge in [-0.1, -0.05) is 0 Å². The van der Waals surface area contributed by atoms with Crippen LogP contribution in [0, 0.1) is 10.1 Å². The minimum atomic E-state index is -4.62. The van der Waals surface area contributed by atoms with Crippen LogP contribution in [0.25, 0.3) is 0 Å². The van der Waals surface area contributed by atoms with Crippen molar-refractivity contribution in [2.75, 3.05) is 18.4 Å². The molecule has 19 heavy (non-hydrogen) atoms. The third-order valence-electron chi connectivity index (χ3n) is 2.94. The van der Waals surface area contributed by atoms with Gasteiger partial charge in [-0.3, -0.25) is 10.1 Å². The summed E-state index contributed by atoms with van der Waals surface area (Å²) in [5.74, 6) is 0. The van der Waals surface area contributed by atoms with Crippen molar-refractivity contribution in [3.8, 4) is 0 Å². The van der Waals surface area contributed by atoms with Crippen LogP contribution < -0.4 is 10.6 Å². The molecule has 1 unspecified atom stereocenters. The third kappa shape index (κ3) is 3.14. The van der Waals surface area contributed by atoms with Crippen LogP contribution in [0.4, 0.5) is 24.5 Å². The van der Waals surface area contributed by atoms with E-state index in [9.17, 15) is 23.3 Å². The van der Waals surface area contributed by atoms with Gasteiger partial charge in [-0.15, -0.1) is 0 Å². The van der Waals surface area contributed by atoms with Crippen LogP contribution in [0.1, 0.15) is 12.0 Å². The number of non-ortho nitro benzene ring substituents is 1. The Labute approximate surface area is 106 Å². The Balaban J connectivity index is 2.33. The van der Waals surface area contributed by atoms with Gasteiger partial charge >= 0.3 is 6.18 Å². The lowest BCUT2D eigenvalue weighted by atomic mass is 10.1. The topological polar surface area (TPSA) is 67.2 Å².